The number of carboxylic acids is 1. The number of rotatable bonds is 2. The number of carbonyl (C=O) groups is 1. The monoisotopic (exact) mass is 285 g/mol. The number of nitrogens with zero attached hydrogens (tertiary/aromatic N) is 3. The fourth-order valence-electron chi connectivity index (χ4n) is 3.07. The summed E-state index contributed by atoms with van der Waals surface area (Å²) in [6.07, 6.45) is 2.20. The zero-order valence-corrected chi connectivity index (χ0v) is 11.5. The molecule has 1 aromatic carbocycles. The molecule has 0 saturated heterocycles. The molecule has 108 valence electrons. The molecule has 2 aliphatic rings. The lowest BCUT2D eigenvalue weighted by atomic mass is 9.99. The number of carboxylic acid groups (broad SMARTS) is 1. The van der Waals surface area contributed by atoms with E-state index in [-0.39, 0.29) is 5.92 Å². The molecular formula is C15H15N3O3. The van der Waals surface area contributed by atoms with Gasteiger partial charge in [-0.05, 0) is 30.2 Å². The van der Waals surface area contributed by atoms with Gasteiger partial charge < -0.3 is 14.4 Å². The molecule has 0 bridgehead atoms. The van der Waals surface area contributed by atoms with Gasteiger partial charge in [0.05, 0.1) is 12.5 Å². The number of aromatic nitrogens is 3. The summed E-state index contributed by atoms with van der Waals surface area (Å²) in [7, 11) is 0. The summed E-state index contributed by atoms with van der Waals surface area (Å²) in [4.78, 5) is 11.2. The van der Waals surface area contributed by atoms with Gasteiger partial charge in [0.25, 0.3) is 0 Å². The summed E-state index contributed by atoms with van der Waals surface area (Å²) >= 11 is 0. The number of benzene rings is 1. The van der Waals surface area contributed by atoms with Crippen molar-refractivity contribution in [1.29, 1.82) is 0 Å². The first-order valence-corrected chi connectivity index (χ1v) is 7.13. The van der Waals surface area contributed by atoms with Crippen LogP contribution in [0.15, 0.2) is 18.2 Å². The van der Waals surface area contributed by atoms with Gasteiger partial charge in [-0.3, -0.25) is 4.79 Å². The van der Waals surface area contributed by atoms with Gasteiger partial charge in [-0.15, -0.1) is 10.2 Å². The van der Waals surface area contributed by atoms with Crippen molar-refractivity contribution in [3.63, 3.8) is 0 Å². The lowest BCUT2D eigenvalue weighted by Crippen LogP contribution is -2.27. The first-order chi connectivity index (χ1) is 10.2. The van der Waals surface area contributed by atoms with Crippen molar-refractivity contribution < 1.29 is 14.6 Å². The van der Waals surface area contributed by atoms with Gasteiger partial charge in [-0.1, -0.05) is 0 Å². The molecule has 21 heavy (non-hydrogen) atoms. The molecule has 6 nitrogen and oxygen atoms in total. The van der Waals surface area contributed by atoms with Crippen molar-refractivity contribution in [2.45, 2.75) is 25.8 Å². The number of aliphatic carboxylic acids is 1. The summed E-state index contributed by atoms with van der Waals surface area (Å²) in [6, 6.07) is 5.99. The average molecular weight is 285 g/mol. The minimum Gasteiger partial charge on any atom is -0.493 e. The topological polar surface area (TPSA) is 77.2 Å². The quantitative estimate of drug-likeness (QED) is 0.905. The van der Waals surface area contributed by atoms with E-state index in [0.717, 1.165) is 36.0 Å². The molecule has 1 unspecified atom stereocenters. The van der Waals surface area contributed by atoms with Gasteiger partial charge in [0.15, 0.2) is 5.82 Å². The lowest BCUT2D eigenvalue weighted by Gasteiger charge is -2.21. The van der Waals surface area contributed by atoms with E-state index in [1.54, 1.807) is 0 Å². The molecule has 4 rings (SSSR count). The molecule has 0 saturated carbocycles. The number of hydrogen-bond acceptors (Lipinski definition) is 4. The maximum absolute atomic E-state index is 11.2. The predicted molar refractivity (Wildman–Crippen MR) is 74.1 cm³/mol. The number of aryl methyl sites for hydroxylation is 1. The fraction of sp³-hybridized carbons (Fsp3) is 0.400. The molecule has 3 heterocycles. The Labute approximate surface area is 121 Å². The van der Waals surface area contributed by atoms with Crippen LogP contribution in [0.5, 0.6) is 5.75 Å². The van der Waals surface area contributed by atoms with Crippen molar-refractivity contribution in [1.82, 2.24) is 14.8 Å². The molecule has 0 spiro atoms. The maximum atomic E-state index is 11.2. The molecule has 0 aliphatic carbocycles. The van der Waals surface area contributed by atoms with Crippen LogP contribution in [-0.4, -0.2) is 32.4 Å². The summed E-state index contributed by atoms with van der Waals surface area (Å²) in [6.45, 7) is 1.17. The number of ether oxygens (including phenoxy) is 1. The molecule has 0 amide bonds. The Balaban J connectivity index is 1.74. The van der Waals surface area contributed by atoms with Crippen LogP contribution < -0.4 is 4.74 Å². The molecule has 0 radical (unpaired) electrons. The van der Waals surface area contributed by atoms with Crippen LogP contribution in [0.4, 0.5) is 0 Å². The molecule has 2 aromatic rings. The Morgan fingerprint density at radius 2 is 2.24 bits per heavy atom. The highest BCUT2D eigenvalue weighted by Gasteiger charge is 2.28. The third kappa shape index (κ3) is 1.98. The van der Waals surface area contributed by atoms with Crippen LogP contribution in [0, 0.1) is 5.92 Å². The Hall–Kier alpha value is -2.37. The van der Waals surface area contributed by atoms with Gasteiger partial charge in [0.2, 0.25) is 0 Å². The smallest absolute Gasteiger partial charge is 0.308 e. The van der Waals surface area contributed by atoms with Crippen LogP contribution in [-0.2, 0) is 24.2 Å². The average Bonchev–Trinajstić information content (AvgIpc) is 3.12. The highest BCUT2D eigenvalue weighted by Crippen LogP contribution is 2.31. The second-order valence-corrected chi connectivity index (χ2v) is 5.55. The number of hydrogen-bond donors (Lipinski definition) is 1. The summed E-state index contributed by atoms with van der Waals surface area (Å²) in [5, 5.41) is 17.7. The van der Waals surface area contributed by atoms with E-state index in [4.69, 9.17) is 4.74 Å². The zero-order chi connectivity index (χ0) is 14.4. The van der Waals surface area contributed by atoms with Gasteiger partial charge >= 0.3 is 5.97 Å². The number of fused-ring (bicyclic) bond motifs is 2. The molecule has 6 heteroatoms. The SMILES string of the molecule is O=C(O)C1CCc2nnc(-c3ccc4c(c3)CCO4)n2C1. The first-order valence-electron chi connectivity index (χ1n) is 7.13. The Bertz CT molecular complexity index is 723. The minimum absolute atomic E-state index is 0.356. The van der Waals surface area contributed by atoms with E-state index in [1.807, 2.05) is 16.7 Å². The van der Waals surface area contributed by atoms with Crippen LogP contribution in [0.2, 0.25) is 0 Å². The molecular weight excluding hydrogens is 270 g/mol. The molecule has 2 aliphatic heterocycles. The third-order valence-electron chi connectivity index (χ3n) is 4.24. The Morgan fingerprint density at radius 1 is 1.33 bits per heavy atom. The van der Waals surface area contributed by atoms with Crippen LogP contribution in [0.1, 0.15) is 17.8 Å². The van der Waals surface area contributed by atoms with E-state index < -0.39 is 5.97 Å². The van der Waals surface area contributed by atoms with Crippen molar-refractivity contribution in [2.24, 2.45) is 5.92 Å². The molecule has 1 N–H and O–H groups in total. The zero-order valence-electron chi connectivity index (χ0n) is 11.5. The Morgan fingerprint density at radius 3 is 3.10 bits per heavy atom. The molecule has 1 aromatic heterocycles. The minimum atomic E-state index is -0.748. The fourth-order valence-corrected chi connectivity index (χ4v) is 3.07. The van der Waals surface area contributed by atoms with Crippen LogP contribution in [0.3, 0.4) is 0 Å². The van der Waals surface area contributed by atoms with E-state index >= 15 is 0 Å². The van der Waals surface area contributed by atoms with Gasteiger partial charge in [-0.2, -0.15) is 0 Å². The third-order valence-corrected chi connectivity index (χ3v) is 4.24. The van der Waals surface area contributed by atoms with E-state index in [9.17, 15) is 9.90 Å². The largest absolute Gasteiger partial charge is 0.493 e. The summed E-state index contributed by atoms with van der Waals surface area (Å²) < 4.78 is 7.46. The van der Waals surface area contributed by atoms with Gasteiger partial charge in [0.1, 0.15) is 11.6 Å². The van der Waals surface area contributed by atoms with Gasteiger partial charge in [0, 0.05) is 24.9 Å². The second-order valence-electron chi connectivity index (χ2n) is 5.55. The van der Waals surface area contributed by atoms with E-state index in [2.05, 4.69) is 16.3 Å². The maximum Gasteiger partial charge on any atom is 0.308 e. The van der Waals surface area contributed by atoms with Gasteiger partial charge in [-0.25, -0.2) is 0 Å². The van der Waals surface area contributed by atoms with Crippen molar-refractivity contribution in [2.75, 3.05) is 6.61 Å². The van der Waals surface area contributed by atoms with E-state index in [1.165, 1.54) is 5.56 Å². The Kier molecular flexibility index (Phi) is 2.70. The van der Waals surface area contributed by atoms with Crippen molar-refractivity contribution in [3.05, 3.63) is 29.6 Å². The highest BCUT2D eigenvalue weighted by molar-refractivity contribution is 5.70. The van der Waals surface area contributed by atoms with Crippen molar-refractivity contribution >= 4 is 5.97 Å². The van der Waals surface area contributed by atoms with E-state index in [0.29, 0.717) is 19.4 Å². The van der Waals surface area contributed by atoms with Crippen molar-refractivity contribution in [3.8, 4) is 17.1 Å². The standard InChI is InChI=1S/C15H15N3O3/c19-15(20)11-2-4-13-16-17-14(18(13)8-11)10-1-3-12-9(7-10)5-6-21-12/h1,3,7,11H,2,4-6,8H2,(H,19,20). The molecule has 0 fully saturated rings. The van der Waals surface area contributed by atoms with Crippen LogP contribution in [0.25, 0.3) is 11.4 Å². The molecule has 1 atom stereocenters. The summed E-state index contributed by atoms with van der Waals surface area (Å²) in [5.41, 5.74) is 2.15. The normalized spacial score (nSPS) is 19.7. The van der Waals surface area contributed by atoms with Crippen LogP contribution >= 0.6 is 0 Å². The first kappa shape index (κ1) is 12.4. The summed E-state index contributed by atoms with van der Waals surface area (Å²) in [5.74, 6) is 1.46. The lowest BCUT2D eigenvalue weighted by molar-refractivity contribution is -0.142. The highest BCUT2D eigenvalue weighted by atomic mass is 16.5. The predicted octanol–water partition coefficient (Wildman–Crippen LogP) is 1.53. The second kappa shape index (κ2) is 4.58.